The Morgan fingerprint density at radius 3 is 2.62 bits per heavy atom. The first-order valence-electron chi connectivity index (χ1n) is 6.51. The lowest BCUT2D eigenvalue weighted by Crippen LogP contribution is -2.27. The van der Waals surface area contributed by atoms with Gasteiger partial charge in [-0.1, -0.05) is 46.3 Å². The zero-order chi connectivity index (χ0) is 14.6. The molecule has 4 nitrogen and oxygen atoms in total. The summed E-state index contributed by atoms with van der Waals surface area (Å²) >= 11 is 3.33. The summed E-state index contributed by atoms with van der Waals surface area (Å²) in [6.07, 6.45) is -0.748. The largest absolute Gasteiger partial charge is 0.342 e. The minimum Gasteiger partial charge on any atom is -0.342 e. The molecule has 5 heteroatoms. The van der Waals surface area contributed by atoms with Crippen LogP contribution in [0.15, 0.2) is 53.0 Å². The molecule has 1 N–H and O–H groups in total. The van der Waals surface area contributed by atoms with E-state index in [0.717, 1.165) is 10.0 Å². The second kappa shape index (κ2) is 4.26. The second-order valence-corrected chi connectivity index (χ2v) is 6.02. The molecule has 2 aliphatic heterocycles. The fourth-order valence-corrected chi connectivity index (χ4v) is 3.05. The second-order valence-electron chi connectivity index (χ2n) is 5.10. The zero-order valence-electron chi connectivity index (χ0n) is 10.8. The van der Waals surface area contributed by atoms with Crippen molar-refractivity contribution in [3.8, 4) is 0 Å². The van der Waals surface area contributed by atoms with Crippen LogP contribution in [-0.2, 0) is 15.1 Å². The van der Waals surface area contributed by atoms with Crippen LogP contribution in [0.5, 0.6) is 0 Å². The lowest BCUT2D eigenvalue weighted by Gasteiger charge is -2.02. The maximum atomic E-state index is 12.5. The van der Waals surface area contributed by atoms with Crippen LogP contribution in [-0.4, -0.2) is 17.8 Å². The lowest BCUT2D eigenvalue weighted by molar-refractivity contribution is -0.120. The molecule has 0 aromatic heterocycles. The third-order valence-corrected chi connectivity index (χ3v) is 4.42. The summed E-state index contributed by atoms with van der Waals surface area (Å²) in [4.78, 5) is 24.7. The van der Waals surface area contributed by atoms with E-state index < -0.39 is 11.7 Å². The van der Waals surface area contributed by atoms with E-state index in [1.54, 1.807) is 24.3 Å². The molecule has 2 heterocycles. The van der Waals surface area contributed by atoms with Crippen LogP contribution >= 0.6 is 15.9 Å². The Morgan fingerprint density at radius 1 is 1.14 bits per heavy atom. The molecule has 1 spiro atoms. The van der Waals surface area contributed by atoms with Gasteiger partial charge in [0.1, 0.15) is 0 Å². The number of nitrogens with one attached hydrogen (secondary N) is 1. The summed E-state index contributed by atoms with van der Waals surface area (Å²) in [5.74, 6) is -0.437. The van der Waals surface area contributed by atoms with Gasteiger partial charge in [-0.25, -0.2) is 0 Å². The Hall–Kier alpha value is -1.98. The van der Waals surface area contributed by atoms with Crippen LogP contribution in [0, 0.1) is 0 Å². The van der Waals surface area contributed by atoms with E-state index in [1.807, 2.05) is 24.3 Å². The summed E-state index contributed by atoms with van der Waals surface area (Å²) in [7, 11) is 0. The Kier molecular flexibility index (Phi) is 2.58. The van der Waals surface area contributed by atoms with Crippen LogP contribution < -0.4 is 5.32 Å². The van der Waals surface area contributed by atoms with E-state index in [2.05, 4.69) is 21.2 Å². The number of halogens is 1. The van der Waals surface area contributed by atoms with Crippen molar-refractivity contribution in [3.05, 3.63) is 64.1 Å². The highest BCUT2D eigenvalue weighted by atomic mass is 79.9. The van der Waals surface area contributed by atoms with Crippen molar-refractivity contribution < 1.29 is 14.3 Å². The predicted molar refractivity (Wildman–Crippen MR) is 80.1 cm³/mol. The molecule has 21 heavy (non-hydrogen) atoms. The molecular formula is C16H10BrNO3. The van der Waals surface area contributed by atoms with Gasteiger partial charge in [-0.2, -0.15) is 0 Å². The van der Waals surface area contributed by atoms with Gasteiger partial charge in [-0.15, -0.1) is 0 Å². The van der Waals surface area contributed by atoms with Crippen LogP contribution in [0.25, 0.3) is 0 Å². The quantitative estimate of drug-likeness (QED) is 0.673. The summed E-state index contributed by atoms with van der Waals surface area (Å²) < 4.78 is 6.47. The van der Waals surface area contributed by atoms with E-state index in [9.17, 15) is 9.59 Å². The number of ether oxygens (including phenoxy) is 1. The van der Waals surface area contributed by atoms with Gasteiger partial charge in [0.2, 0.25) is 5.60 Å². The smallest absolute Gasteiger partial charge is 0.264 e. The highest BCUT2D eigenvalue weighted by Gasteiger charge is 2.70. The maximum absolute atomic E-state index is 12.5. The van der Waals surface area contributed by atoms with Crippen molar-refractivity contribution in [2.75, 3.05) is 5.32 Å². The fourth-order valence-electron chi connectivity index (χ4n) is 2.79. The fraction of sp³-hybridized carbons (Fsp3) is 0.125. The molecule has 1 saturated heterocycles. The average Bonchev–Trinajstić information content (AvgIpc) is 3.18. The van der Waals surface area contributed by atoms with Gasteiger partial charge in [-0.05, 0) is 18.2 Å². The Labute approximate surface area is 129 Å². The average molecular weight is 344 g/mol. The van der Waals surface area contributed by atoms with Gasteiger partial charge in [-0.3, -0.25) is 9.59 Å². The topological polar surface area (TPSA) is 58.7 Å². The minimum atomic E-state index is -1.14. The molecule has 104 valence electrons. The highest BCUT2D eigenvalue weighted by molar-refractivity contribution is 9.10. The Balaban J connectivity index is 1.70. The number of hydrogen-bond donors (Lipinski definition) is 1. The molecule has 1 amide bonds. The van der Waals surface area contributed by atoms with Gasteiger partial charge in [0.25, 0.3) is 5.91 Å². The first-order valence-corrected chi connectivity index (χ1v) is 7.31. The third kappa shape index (κ3) is 1.71. The van der Waals surface area contributed by atoms with Crippen molar-refractivity contribution in [2.24, 2.45) is 0 Å². The van der Waals surface area contributed by atoms with Crippen LogP contribution in [0.2, 0.25) is 0 Å². The number of rotatable bonds is 2. The number of para-hydroxylation sites is 1. The van der Waals surface area contributed by atoms with Crippen LogP contribution in [0.3, 0.4) is 0 Å². The van der Waals surface area contributed by atoms with Crippen LogP contribution in [0.1, 0.15) is 15.9 Å². The van der Waals surface area contributed by atoms with Gasteiger partial charge >= 0.3 is 0 Å². The van der Waals surface area contributed by atoms with Crippen molar-refractivity contribution in [1.29, 1.82) is 0 Å². The Bertz CT molecular complexity index is 771. The number of ketones is 1. The molecule has 0 unspecified atom stereocenters. The van der Waals surface area contributed by atoms with E-state index in [-0.39, 0.29) is 11.7 Å². The predicted octanol–water partition coefficient (Wildman–Crippen LogP) is 2.88. The van der Waals surface area contributed by atoms with Crippen molar-refractivity contribution in [3.63, 3.8) is 0 Å². The third-order valence-electron chi connectivity index (χ3n) is 3.90. The van der Waals surface area contributed by atoms with Gasteiger partial charge in [0, 0.05) is 21.3 Å². The summed E-state index contributed by atoms with van der Waals surface area (Å²) in [6.45, 7) is 0. The molecule has 0 bridgehead atoms. The van der Waals surface area contributed by atoms with E-state index in [4.69, 9.17) is 4.74 Å². The van der Waals surface area contributed by atoms with E-state index >= 15 is 0 Å². The SMILES string of the molecule is O=C(c1ccc(Br)cc1)[C@@H]1O[C@@]12C(=O)Nc1ccccc12. The normalized spacial score (nSPS) is 25.6. The van der Waals surface area contributed by atoms with Gasteiger partial charge in [0.05, 0.1) is 0 Å². The summed E-state index contributed by atoms with van der Waals surface area (Å²) in [5, 5.41) is 2.77. The van der Waals surface area contributed by atoms with Crippen molar-refractivity contribution in [1.82, 2.24) is 0 Å². The highest BCUT2D eigenvalue weighted by Crippen LogP contribution is 2.54. The van der Waals surface area contributed by atoms with Crippen molar-refractivity contribution in [2.45, 2.75) is 11.7 Å². The van der Waals surface area contributed by atoms with Crippen molar-refractivity contribution >= 4 is 33.3 Å². The van der Waals surface area contributed by atoms with E-state index in [0.29, 0.717) is 11.3 Å². The van der Waals surface area contributed by atoms with Gasteiger partial charge < -0.3 is 10.1 Å². The molecule has 2 aromatic carbocycles. The molecule has 4 rings (SSSR count). The number of benzene rings is 2. The monoisotopic (exact) mass is 343 g/mol. The number of carbonyl (C=O) groups is 2. The van der Waals surface area contributed by atoms with E-state index in [1.165, 1.54) is 0 Å². The number of carbonyl (C=O) groups excluding carboxylic acids is 2. The molecule has 0 aliphatic carbocycles. The standard InChI is InChI=1S/C16H10BrNO3/c17-10-7-5-9(6-8-10)13(19)14-16(21-14)11-3-1-2-4-12(11)18-15(16)20/h1-8,14H,(H,18,20)/t14-,16+/m0/s1. The molecule has 2 aliphatic rings. The maximum Gasteiger partial charge on any atom is 0.264 e. The number of anilines is 1. The summed E-state index contributed by atoms with van der Waals surface area (Å²) in [6, 6.07) is 14.3. The minimum absolute atomic E-state index is 0.172. The Morgan fingerprint density at radius 2 is 1.86 bits per heavy atom. The number of hydrogen-bond acceptors (Lipinski definition) is 3. The number of Topliss-reactive ketones (excluding diaryl/α,β-unsaturated/α-hetero) is 1. The van der Waals surface area contributed by atoms with Crippen LogP contribution in [0.4, 0.5) is 5.69 Å². The number of fused-ring (bicyclic) bond motifs is 2. The molecule has 0 radical (unpaired) electrons. The molecule has 1 fully saturated rings. The molecular weight excluding hydrogens is 334 g/mol. The molecule has 0 saturated carbocycles. The first kappa shape index (κ1) is 12.7. The number of epoxide rings is 1. The molecule has 2 atom stereocenters. The zero-order valence-corrected chi connectivity index (χ0v) is 12.4. The lowest BCUT2D eigenvalue weighted by atomic mass is 9.92. The molecule has 2 aromatic rings. The van der Waals surface area contributed by atoms with Gasteiger partial charge in [0.15, 0.2) is 11.9 Å². The number of amides is 1. The first-order chi connectivity index (χ1) is 10.1. The summed E-state index contributed by atoms with van der Waals surface area (Å²) in [5.41, 5.74) is 0.858.